The summed E-state index contributed by atoms with van der Waals surface area (Å²) in [5.41, 5.74) is 1.00. The van der Waals surface area contributed by atoms with E-state index >= 15 is 0 Å². The zero-order valence-corrected chi connectivity index (χ0v) is 18.6. The third kappa shape index (κ3) is 94.6. The fraction of sp³-hybridized carbons (Fsp3) is 0.538. The predicted molar refractivity (Wildman–Crippen MR) is 126 cm³/mol. The van der Waals surface area contributed by atoms with Crippen molar-refractivity contribution in [1.29, 1.82) is 0 Å². The Balaban J connectivity index is -0.000000117. The van der Waals surface area contributed by atoms with Crippen LogP contribution in [-0.4, -0.2) is 0 Å². The number of hydrogen-bond donors (Lipinski definition) is 0. The van der Waals surface area contributed by atoms with Gasteiger partial charge in [0.1, 0.15) is 0 Å². The summed E-state index contributed by atoms with van der Waals surface area (Å²) in [5.74, 6) is 0. The molecular formula is C26H48. The van der Waals surface area contributed by atoms with Crippen LogP contribution in [0.2, 0.25) is 0 Å². The fourth-order valence-electron chi connectivity index (χ4n) is 0.770. The Morgan fingerprint density at radius 3 is 0.462 bits per heavy atom. The lowest BCUT2D eigenvalue weighted by atomic mass is 10.0. The SMILES string of the molecule is C.CC(C)(C)C.CC(C)(C)C.CCC.c1ccccc1.c1ccccc1. The number of hydrogen-bond acceptors (Lipinski definition) is 0. The second kappa shape index (κ2) is 21.5. The average Bonchev–Trinajstić information content (AvgIpc) is 2.49. The first-order valence-electron chi connectivity index (χ1n) is 9.41. The molecule has 0 amide bonds. The highest BCUT2D eigenvalue weighted by Crippen LogP contribution is 2.08. The highest BCUT2D eigenvalue weighted by atomic mass is 14.0. The minimum Gasteiger partial charge on any atom is -0.0776 e. The molecule has 0 fully saturated rings. The van der Waals surface area contributed by atoms with Crippen molar-refractivity contribution in [3.8, 4) is 0 Å². The van der Waals surface area contributed by atoms with Crippen molar-refractivity contribution in [3.05, 3.63) is 72.8 Å². The smallest absolute Gasteiger partial charge is 0.0411 e. The molecule has 2 rings (SSSR count). The molecule has 0 aromatic heterocycles. The quantitative estimate of drug-likeness (QED) is 0.438. The van der Waals surface area contributed by atoms with E-state index in [0.717, 1.165) is 0 Å². The van der Waals surface area contributed by atoms with Crippen molar-refractivity contribution in [2.75, 3.05) is 0 Å². The summed E-state index contributed by atoms with van der Waals surface area (Å²) in [6.45, 7) is 21.8. The van der Waals surface area contributed by atoms with Crippen molar-refractivity contribution >= 4 is 0 Å². The normalized spacial score (nSPS) is 9.00. The molecule has 0 aliphatic rings. The average molecular weight is 361 g/mol. The van der Waals surface area contributed by atoms with Gasteiger partial charge in [-0.1, -0.05) is 156 Å². The lowest BCUT2D eigenvalue weighted by molar-refractivity contribution is 0.469. The molecule has 0 spiro atoms. The third-order valence-electron chi connectivity index (χ3n) is 1.33. The van der Waals surface area contributed by atoms with Crippen LogP contribution in [0.15, 0.2) is 72.8 Å². The molecular weight excluding hydrogens is 312 g/mol. The molecule has 2 aromatic rings. The van der Waals surface area contributed by atoms with Gasteiger partial charge in [-0.3, -0.25) is 0 Å². The zero-order valence-electron chi connectivity index (χ0n) is 18.6. The molecule has 0 radical (unpaired) electrons. The monoisotopic (exact) mass is 360 g/mol. The summed E-state index contributed by atoms with van der Waals surface area (Å²) in [7, 11) is 0. The van der Waals surface area contributed by atoms with Crippen LogP contribution in [0.5, 0.6) is 0 Å². The maximum absolute atomic E-state index is 2.19. The van der Waals surface area contributed by atoms with Crippen molar-refractivity contribution in [1.82, 2.24) is 0 Å². The lowest BCUT2D eigenvalue weighted by Crippen LogP contribution is -1.93. The third-order valence-corrected chi connectivity index (χ3v) is 1.33. The van der Waals surface area contributed by atoms with Gasteiger partial charge in [-0.2, -0.15) is 0 Å². The molecule has 0 saturated carbocycles. The van der Waals surface area contributed by atoms with Crippen molar-refractivity contribution < 1.29 is 0 Å². The van der Waals surface area contributed by atoms with Gasteiger partial charge in [0.05, 0.1) is 0 Å². The molecule has 0 bridgehead atoms. The maximum atomic E-state index is 2.19. The Labute approximate surface area is 167 Å². The van der Waals surface area contributed by atoms with E-state index < -0.39 is 0 Å². The standard InChI is InChI=1S/2C6H6.2C5H12.C3H8.CH4/c2*1-2-4-6-5-3-1;2*1-5(2,3)4;1-3-2;/h2*1-6H;2*1-4H3;3H2,1-2H3;1H4. The largest absolute Gasteiger partial charge is 0.0776 e. The van der Waals surface area contributed by atoms with Crippen molar-refractivity contribution in [2.45, 2.75) is 83.1 Å². The van der Waals surface area contributed by atoms with Crippen LogP contribution in [0.3, 0.4) is 0 Å². The van der Waals surface area contributed by atoms with E-state index in [-0.39, 0.29) is 7.43 Å². The van der Waals surface area contributed by atoms with Crippen LogP contribution in [0, 0.1) is 10.8 Å². The van der Waals surface area contributed by atoms with Gasteiger partial charge in [0.2, 0.25) is 0 Å². The van der Waals surface area contributed by atoms with E-state index in [2.05, 4.69) is 69.2 Å². The maximum Gasteiger partial charge on any atom is -0.0411 e. The van der Waals surface area contributed by atoms with Crippen LogP contribution in [0.25, 0.3) is 0 Å². The van der Waals surface area contributed by atoms with Gasteiger partial charge in [0.15, 0.2) is 0 Å². The van der Waals surface area contributed by atoms with Gasteiger partial charge in [0.25, 0.3) is 0 Å². The highest BCUT2D eigenvalue weighted by molar-refractivity contribution is 4.99. The van der Waals surface area contributed by atoms with Crippen LogP contribution < -0.4 is 0 Å². The molecule has 0 aliphatic heterocycles. The van der Waals surface area contributed by atoms with Crippen LogP contribution in [-0.2, 0) is 0 Å². The molecule has 0 aliphatic carbocycles. The van der Waals surface area contributed by atoms with Crippen LogP contribution in [0.1, 0.15) is 83.1 Å². The molecule has 152 valence electrons. The second-order valence-electron chi connectivity index (χ2n) is 9.02. The Morgan fingerprint density at radius 1 is 0.385 bits per heavy atom. The minimum atomic E-state index is 0. The molecule has 0 saturated heterocycles. The van der Waals surface area contributed by atoms with Crippen molar-refractivity contribution in [2.24, 2.45) is 10.8 Å². The van der Waals surface area contributed by atoms with E-state index in [1.807, 2.05) is 72.8 Å². The van der Waals surface area contributed by atoms with E-state index in [4.69, 9.17) is 0 Å². The fourth-order valence-corrected chi connectivity index (χ4v) is 0.770. The summed E-state index contributed by atoms with van der Waals surface area (Å²) < 4.78 is 0. The first-order chi connectivity index (χ1) is 11.4. The molecule has 2 aromatic carbocycles. The van der Waals surface area contributed by atoms with Crippen LogP contribution >= 0.6 is 0 Å². The Hall–Kier alpha value is -1.56. The van der Waals surface area contributed by atoms with E-state index in [9.17, 15) is 0 Å². The Kier molecular flexibility index (Phi) is 26.6. The van der Waals surface area contributed by atoms with Gasteiger partial charge in [-0.15, -0.1) is 0 Å². The molecule has 0 N–H and O–H groups in total. The second-order valence-corrected chi connectivity index (χ2v) is 9.02. The first kappa shape index (κ1) is 32.1. The molecule has 0 heterocycles. The summed E-state index contributed by atoms with van der Waals surface area (Å²) in [4.78, 5) is 0. The summed E-state index contributed by atoms with van der Waals surface area (Å²) >= 11 is 0. The van der Waals surface area contributed by atoms with Crippen LogP contribution in [0.4, 0.5) is 0 Å². The topological polar surface area (TPSA) is 0 Å². The summed E-state index contributed by atoms with van der Waals surface area (Å²) in [5, 5.41) is 0. The van der Waals surface area contributed by atoms with Gasteiger partial charge >= 0.3 is 0 Å². The van der Waals surface area contributed by atoms with E-state index in [1.54, 1.807) is 0 Å². The Bertz CT molecular complexity index is 306. The molecule has 0 atom stereocenters. The Morgan fingerprint density at radius 2 is 0.423 bits per heavy atom. The lowest BCUT2D eigenvalue weighted by Gasteiger charge is -2.05. The van der Waals surface area contributed by atoms with Gasteiger partial charge < -0.3 is 0 Å². The van der Waals surface area contributed by atoms with Crippen molar-refractivity contribution in [3.63, 3.8) is 0 Å². The van der Waals surface area contributed by atoms with E-state index in [0.29, 0.717) is 10.8 Å². The first-order valence-corrected chi connectivity index (χ1v) is 9.41. The summed E-state index contributed by atoms with van der Waals surface area (Å²) in [6.07, 6.45) is 1.25. The number of benzene rings is 2. The minimum absolute atomic E-state index is 0. The highest BCUT2D eigenvalue weighted by Gasteiger charge is 1.96. The van der Waals surface area contributed by atoms with Gasteiger partial charge in [0, 0.05) is 0 Å². The van der Waals surface area contributed by atoms with Gasteiger partial charge in [-0.05, 0) is 10.8 Å². The van der Waals surface area contributed by atoms with E-state index in [1.165, 1.54) is 6.42 Å². The molecule has 26 heavy (non-hydrogen) atoms. The molecule has 0 unspecified atom stereocenters. The molecule has 0 nitrogen and oxygen atoms in total. The molecule has 0 heteroatoms. The predicted octanol–water partition coefficient (Wildman–Crippen LogP) is 9.53. The van der Waals surface area contributed by atoms with Gasteiger partial charge in [-0.25, -0.2) is 0 Å². The zero-order chi connectivity index (χ0) is 20.2. The number of rotatable bonds is 0. The summed E-state index contributed by atoms with van der Waals surface area (Å²) in [6, 6.07) is 24.0.